The minimum absolute atomic E-state index is 0.132. The number of nitrogens with zero attached hydrogens (tertiary/aromatic N) is 5. The minimum Gasteiger partial charge on any atom is -0.291 e. The van der Waals surface area contributed by atoms with Crippen molar-refractivity contribution in [2.75, 3.05) is 11.4 Å². The Morgan fingerprint density at radius 1 is 1.15 bits per heavy atom. The van der Waals surface area contributed by atoms with E-state index in [4.69, 9.17) is 5.10 Å². The van der Waals surface area contributed by atoms with Gasteiger partial charge in [0.1, 0.15) is 11.5 Å². The van der Waals surface area contributed by atoms with E-state index in [-0.39, 0.29) is 5.91 Å². The van der Waals surface area contributed by atoms with Crippen molar-refractivity contribution in [3.05, 3.63) is 59.8 Å². The van der Waals surface area contributed by atoms with Crippen LogP contribution in [0.3, 0.4) is 0 Å². The normalized spacial score (nSPS) is 13.7. The molecule has 0 bridgehead atoms. The Morgan fingerprint density at radius 3 is 2.70 bits per heavy atom. The summed E-state index contributed by atoms with van der Waals surface area (Å²) >= 11 is 0. The number of aromatic nitrogens is 4. The zero-order chi connectivity index (χ0) is 19.0. The standard InChI is InChI=1S/C21H23N5O/c1-14(2)16-7-4-5-8-17(16)19-15(3)24-26-12-6-11-25(20(19)26)21(27)18-13-22-9-10-23-18/h4-5,7-10,13-14H,6,11-12H2,1-3H3. The summed E-state index contributed by atoms with van der Waals surface area (Å²) in [6.07, 6.45) is 5.51. The highest BCUT2D eigenvalue weighted by Gasteiger charge is 2.31. The van der Waals surface area contributed by atoms with Crippen LogP contribution in [-0.4, -0.2) is 32.2 Å². The van der Waals surface area contributed by atoms with Crippen LogP contribution in [0.5, 0.6) is 0 Å². The molecule has 0 spiro atoms. The molecule has 0 radical (unpaired) electrons. The highest BCUT2D eigenvalue weighted by molar-refractivity contribution is 6.06. The number of amides is 1. The smallest absolute Gasteiger partial charge is 0.279 e. The first-order valence-electron chi connectivity index (χ1n) is 9.32. The third-order valence-corrected chi connectivity index (χ3v) is 4.99. The van der Waals surface area contributed by atoms with Crippen molar-refractivity contribution < 1.29 is 4.79 Å². The molecule has 0 N–H and O–H groups in total. The van der Waals surface area contributed by atoms with Gasteiger partial charge in [-0.2, -0.15) is 5.10 Å². The molecular formula is C21H23N5O. The van der Waals surface area contributed by atoms with E-state index in [1.54, 1.807) is 17.3 Å². The van der Waals surface area contributed by atoms with Gasteiger partial charge in [-0.1, -0.05) is 38.1 Å². The zero-order valence-electron chi connectivity index (χ0n) is 15.9. The molecule has 2 aromatic heterocycles. The highest BCUT2D eigenvalue weighted by atomic mass is 16.2. The molecule has 0 atom stereocenters. The summed E-state index contributed by atoms with van der Waals surface area (Å²) in [5, 5.41) is 4.74. The fraction of sp³-hybridized carbons (Fsp3) is 0.333. The highest BCUT2D eigenvalue weighted by Crippen LogP contribution is 2.40. The molecule has 27 heavy (non-hydrogen) atoms. The van der Waals surface area contributed by atoms with Gasteiger partial charge in [0.05, 0.1) is 11.9 Å². The lowest BCUT2D eigenvalue weighted by Crippen LogP contribution is -2.38. The molecule has 3 heterocycles. The lowest BCUT2D eigenvalue weighted by atomic mass is 9.92. The summed E-state index contributed by atoms with van der Waals surface area (Å²) in [6, 6.07) is 8.38. The second-order valence-corrected chi connectivity index (χ2v) is 7.15. The van der Waals surface area contributed by atoms with Crippen molar-refractivity contribution in [1.29, 1.82) is 0 Å². The van der Waals surface area contributed by atoms with Crippen LogP contribution in [0.2, 0.25) is 0 Å². The van der Waals surface area contributed by atoms with Crippen molar-refractivity contribution in [2.24, 2.45) is 0 Å². The molecule has 1 aliphatic rings. The van der Waals surface area contributed by atoms with Gasteiger partial charge in [-0.25, -0.2) is 9.67 Å². The van der Waals surface area contributed by atoms with Crippen LogP contribution in [0.25, 0.3) is 11.1 Å². The third-order valence-electron chi connectivity index (χ3n) is 4.99. The first-order valence-corrected chi connectivity index (χ1v) is 9.32. The molecular weight excluding hydrogens is 338 g/mol. The molecule has 3 aromatic rings. The van der Waals surface area contributed by atoms with Gasteiger partial charge in [0.25, 0.3) is 5.91 Å². The molecule has 6 nitrogen and oxygen atoms in total. The number of fused-ring (bicyclic) bond motifs is 1. The molecule has 0 unspecified atom stereocenters. The van der Waals surface area contributed by atoms with Crippen molar-refractivity contribution in [1.82, 2.24) is 19.7 Å². The van der Waals surface area contributed by atoms with Gasteiger partial charge in [-0.15, -0.1) is 0 Å². The average Bonchev–Trinajstić information content (AvgIpc) is 3.03. The number of anilines is 1. The zero-order valence-corrected chi connectivity index (χ0v) is 15.9. The lowest BCUT2D eigenvalue weighted by Gasteiger charge is -2.29. The predicted molar refractivity (Wildman–Crippen MR) is 105 cm³/mol. The Kier molecular flexibility index (Phi) is 4.48. The van der Waals surface area contributed by atoms with E-state index >= 15 is 0 Å². The van der Waals surface area contributed by atoms with E-state index in [2.05, 4.69) is 42.0 Å². The van der Waals surface area contributed by atoms with Crippen LogP contribution in [0, 0.1) is 6.92 Å². The monoisotopic (exact) mass is 361 g/mol. The Labute approximate surface area is 158 Å². The van der Waals surface area contributed by atoms with Crippen LogP contribution < -0.4 is 4.90 Å². The molecule has 0 saturated carbocycles. The lowest BCUT2D eigenvalue weighted by molar-refractivity contribution is 0.0976. The number of carbonyl (C=O) groups excluding carboxylic acids is 1. The largest absolute Gasteiger partial charge is 0.291 e. The van der Waals surface area contributed by atoms with Crippen LogP contribution in [-0.2, 0) is 6.54 Å². The minimum atomic E-state index is -0.132. The van der Waals surface area contributed by atoms with Crippen LogP contribution in [0.15, 0.2) is 42.9 Å². The maximum absolute atomic E-state index is 13.2. The third kappa shape index (κ3) is 3.01. The topological polar surface area (TPSA) is 63.9 Å². The summed E-state index contributed by atoms with van der Waals surface area (Å²) in [4.78, 5) is 23.2. The molecule has 0 saturated heterocycles. The van der Waals surface area contributed by atoms with Crippen molar-refractivity contribution in [3.8, 4) is 11.1 Å². The van der Waals surface area contributed by atoms with Crippen molar-refractivity contribution in [2.45, 2.75) is 39.7 Å². The van der Waals surface area contributed by atoms with Crippen molar-refractivity contribution >= 4 is 11.7 Å². The molecule has 1 aliphatic heterocycles. The molecule has 0 aliphatic carbocycles. The average molecular weight is 361 g/mol. The first-order chi connectivity index (χ1) is 13.1. The van der Waals surface area contributed by atoms with Gasteiger partial charge < -0.3 is 0 Å². The summed E-state index contributed by atoms with van der Waals surface area (Å²) in [7, 11) is 0. The summed E-state index contributed by atoms with van der Waals surface area (Å²) in [5.74, 6) is 1.11. The Morgan fingerprint density at radius 2 is 1.96 bits per heavy atom. The molecule has 4 rings (SSSR count). The predicted octanol–water partition coefficient (Wildman–Crippen LogP) is 3.82. The Bertz CT molecular complexity index is 977. The SMILES string of the molecule is Cc1nn2c(c1-c1ccccc1C(C)C)N(C(=O)c1cnccn1)CCC2. The van der Waals surface area contributed by atoms with Gasteiger partial charge in [-0.05, 0) is 30.4 Å². The van der Waals surface area contributed by atoms with Gasteiger partial charge >= 0.3 is 0 Å². The second-order valence-electron chi connectivity index (χ2n) is 7.15. The number of carbonyl (C=O) groups is 1. The summed E-state index contributed by atoms with van der Waals surface area (Å²) in [6.45, 7) is 7.85. The van der Waals surface area contributed by atoms with Gasteiger partial charge in [-0.3, -0.25) is 14.7 Å². The van der Waals surface area contributed by atoms with E-state index in [0.717, 1.165) is 35.6 Å². The van der Waals surface area contributed by atoms with Crippen LogP contribution in [0.1, 0.15) is 47.9 Å². The number of rotatable bonds is 3. The van der Waals surface area contributed by atoms with Crippen molar-refractivity contribution in [3.63, 3.8) is 0 Å². The second kappa shape index (κ2) is 6.95. The maximum Gasteiger partial charge on any atom is 0.279 e. The van der Waals surface area contributed by atoms with E-state index in [0.29, 0.717) is 18.2 Å². The molecule has 138 valence electrons. The van der Waals surface area contributed by atoms with E-state index < -0.39 is 0 Å². The fourth-order valence-corrected chi connectivity index (χ4v) is 3.77. The maximum atomic E-state index is 13.2. The molecule has 1 amide bonds. The number of hydrogen-bond acceptors (Lipinski definition) is 4. The molecule has 0 fully saturated rings. The van der Waals surface area contributed by atoms with Gasteiger partial charge in [0, 0.05) is 31.0 Å². The van der Waals surface area contributed by atoms with E-state index in [1.807, 2.05) is 17.7 Å². The molecule has 1 aromatic carbocycles. The quantitative estimate of drug-likeness (QED) is 0.711. The fourth-order valence-electron chi connectivity index (χ4n) is 3.77. The first kappa shape index (κ1) is 17.4. The van der Waals surface area contributed by atoms with E-state index in [1.165, 1.54) is 11.8 Å². The summed E-state index contributed by atoms with van der Waals surface area (Å²) < 4.78 is 1.96. The Hall–Kier alpha value is -3.02. The van der Waals surface area contributed by atoms with E-state index in [9.17, 15) is 4.79 Å². The van der Waals surface area contributed by atoms with Gasteiger partial charge in [0.15, 0.2) is 0 Å². The number of aryl methyl sites for hydroxylation is 2. The molecule has 6 heteroatoms. The number of hydrogen-bond donors (Lipinski definition) is 0. The van der Waals surface area contributed by atoms with Crippen LogP contribution >= 0.6 is 0 Å². The van der Waals surface area contributed by atoms with Gasteiger partial charge in [0.2, 0.25) is 0 Å². The Balaban J connectivity index is 1.88. The van der Waals surface area contributed by atoms with Crippen LogP contribution in [0.4, 0.5) is 5.82 Å². The summed E-state index contributed by atoms with van der Waals surface area (Å²) in [5.41, 5.74) is 4.74. The number of benzene rings is 1.